The number of fused-ring (bicyclic) bond motifs is 3. The number of alkyl halides is 2. The minimum absolute atomic E-state index is 0.0479. The number of ether oxygens (including phenoxy) is 4. The smallest absolute Gasteiger partial charge is 0.283 e. The van der Waals surface area contributed by atoms with Gasteiger partial charge in [0.15, 0.2) is 0 Å². The van der Waals surface area contributed by atoms with Crippen molar-refractivity contribution in [2.45, 2.75) is 90.2 Å². The molecule has 3 aromatic carbocycles. The van der Waals surface area contributed by atoms with Crippen LogP contribution in [0.3, 0.4) is 0 Å². The number of halogens is 4. The van der Waals surface area contributed by atoms with E-state index in [4.69, 9.17) is 18.9 Å². The lowest BCUT2D eigenvalue weighted by Crippen LogP contribution is -2.58. The molecule has 0 radical (unpaired) electrons. The first-order valence-corrected chi connectivity index (χ1v) is 24.5. The second-order valence-corrected chi connectivity index (χ2v) is 19.9. The number of thiazole rings is 1. The maximum Gasteiger partial charge on any atom is 0.283 e. The Morgan fingerprint density at radius 1 is 0.958 bits per heavy atom. The van der Waals surface area contributed by atoms with Gasteiger partial charge in [0.1, 0.15) is 49.3 Å². The van der Waals surface area contributed by atoms with E-state index in [1.54, 1.807) is 50.6 Å². The van der Waals surface area contributed by atoms with Crippen LogP contribution in [-0.4, -0.2) is 144 Å². The van der Waals surface area contributed by atoms with Crippen molar-refractivity contribution >= 4 is 40.0 Å². The molecule has 0 aliphatic carbocycles. The maximum absolute atomic E-state index is 15.9. The van der Waals surface area contributed by atoms with Gasteiger partial charge in [-0.3, -0.25) is 19.3 Å². The Kier molecular flexibility index (Phi) is 17.6. The van der Waals surface area contributed by atoms with Gasteiger partial charge >= 0.3 is 0 Å². The van der Waals surface area contributed by atoms with Gasteiger partial charge in [-0.05, 0) is 48.4 Å². The first-order chi connectivity index (χ1) is 33.8. The summed E-state index contributed by atoms with van der Waals surface area (Å²) in [6.07, 6.45) is -0.498. The number of aromatic amines is 1. The largest absolute Gasteiger partial charge is 0.491 e. The molecule has 384 valence electrons. The SMILES string of the molecule is Cc1ncsc1-c1ccc(CNC(=O)[C@@H]2C[C@@H](O)CN2C(=O)C(NC(=O)COCCOCCOCCOc2cc(F)c([C@@H]3c4[nH]c5ccccc5c4C[C@@H](C)N3CC(F)(F)CO)c(F)c2)C(C)(C)C)cc1. The molecule has 1 fully saturated rings. The number of amides is 3. The average Bonchev–Trinajstić information content (AvgIpc) is 4.05. The molecule has 7 rings (SSSR count). The summed E-state index contributed by atoms with van der Waals surface area (Å²) < 4.78 is 83.3. The molecule has 0 saturated carbocycles. The topological polar surface area (TPSA) is 188 Å². The van der Waals surface area contributed by atoms with Crippen molar-refractivity contribution in [3.05, 3.63) is 106 Å². The molecule has 5 N–H and O–H groups in total. The lowest BCUT2D eigenvalue weighted by Gasteiger charge is -2.42. The van der Waals surface area contributed by atoms with Crippen molar-refractivity contribution in [1.82, 2.24) is 30.4 Å². The number of benzene rings is 3. The summed E-state index contributed by atoms with van der Waals surface area (Å²) in [6.45, 7) is 6.95. The average molecular weight is 1010 g/mol. The molecule has 20 heteroatoms. The number of carbonyl (C=O) groups excluding carboxylic acids is 3. The van der Waals surface area contributed by atoms with Crippen LogP contribution in [0.4, 0.5) is 17.6 Å². The van der Waals surface area contributed by atoms with Crippen LogP contribution in [-0.2, 0) is 41.6 Å². The molecule has 15 nitrogen and oxygen atoms in total. The number of aliphatic hydroxyl groups is 2. The number of para-hydroxylation sites is 1. The van der Waals surface area contributed by atoms with Gasteiger partial charge in [0.25, 0.3) is 5.92 Å². The Labute approximate surface area is 413 Å². The summed E-state index contributed by atoms with van der Waals surface area (Å²) in [7, 11) is 0. The number of H-pyrrole nitrogens is 1. The predicted octanol–water partition coefficient (Wildman–Crippen LogP) is 6.08. The van der Waals surface area contributed by atoms with Crippen molar-refractivity contribution in [3.63, 3.8) is 0 Å². The zero-order valence-electron chi connectivity index (χ0n) is 40.4. The predicted molar refractivity (Wildman–Crippen MR) is 258 cm³/mol. The van der Waals surface area contributed by atoms with Gasteiger partial charge in [0.2, 0.25) is 17.7 Å². The molecule has 2 aliphatic rings. The highest BCUT2D eigenvalue weighted by Crippen LogP contribution is 2.44. The van der Waals surface area contributed by atoms with Gasteiger partial charge in [0.05, 0.1) is 67.8 Å². The molecule has 0 bridgehead atoms. The number of aromatic nitrogens is 2. The Morgan fingerprint density at radius 2 is 1.62 bits per heavy atom. The fourth-order valence-corrected chi connectivity index (χ4v) is 9.90. The number of aliphatic hydroxyl groups excluding tert-OH is 2. The number of aryl methyl sites for hydroxylation is 1. The van der Waals surface area contributed by atoms with Crippen molar-refractivity contribution < 1.29 is 61.1 Å². The van der Waals surface area contributed by atoms with E-state index in [0.29, 0.717) is 17.6 Å². The molecule has 2 aromatic heterocycles. The standard InChI is InChI=1S/C51H62F4N6O9S/c1-30-20-37-36-8-6-7-9-40(36)58-44(37)45(61(30)27-51(54,55)28-62)43-38(52)22-35(23-39(43)53)70-19-18-68-15-14-67-16-17-69-26-42(64)59-47(50(3,4)5)49(66)60-25-34(63)21-41(60)48(65)56-24-32-10-12-33(13-11-32)46-31(2)57-29-71-46/h6-13,22-23,29-30,34,41,45,47,58,62-63H,14-21,24-28H2,1-5H3,(H,56,65)(H,59,64)/t30-,34-,41+,45-,47?/m1/s1. The first-order valence-electron chi connectivity index (χ1n) is 23.6. The number of nitrogens with one attached hydrogen (secondary N) is 3. The van der Waals surface area contributed by atoms with Gasteiger partial charge in [-0.15, -0.1) is 11.3 Å². The van der Waals surface area contributed by atoms with Gasteiger partial charge in [0, 0.05) is 59.8 Å². The van der Waals surface area contributed by atoms with Gasteiger partial charge < -0.3 is 49.7 Å². The van der Waals surface area contributed by atoms with Crippen LogP contribution in [0.25, 0.3) is 21.3 Å². The van der Waals surface area contributed by atoms with E-state index in [-0.39, 0.29) is 71.5 Å². The van der Waals surface area contributed by atoms with Crippen molar-refractivity contribution in [3.8, 4) is 16.2 Å². The maximum atomic E-state index is 15.9. The molecule has 3 amide bonds. The molecular weight excluding hydrogens is 949 g/mol. The van der Waals surface area contributed by atoms with E-state index in [1.165, 1.54) is 9.80 Å². The number of rotatable bonds is 22. The molecule has 5 aromatic rings. The Balaban J connectivity index is 0.812. The zero-order chi connectivity index (χ0) is 51.0. The normalized spacial score (nSPS) is 18.9. The molecule has 2 aliphatic heterocycles. The van der Waals surface area contributed by atoms with Gasteiger partial charge in [-0.1, -0.05) is 63.2 Å². The third-order valence-corrected chi connectivity index (χ3v) is 13.7. The lowest BCUT2D eigenvalue weighted by atomic mass is 9.85. The van der Waals surface area contributed by atoms with Crippen LogP contribution in [0.2, 0.25) is 0 Å². The molecule has 4 heterocycles. The molecule has 71 heavy (non-hydrogen) atoms. The summed E-state index contributed by atoms with van der Waals surface area (Å²) in [6, 6.07) is 13.4. The summed E-state index contributed by atoms with van der Waals surface area (Å²) >= 11 is 1.55. The van der Waals surface area contributed by atoms with Crippen LogP contribution < -0.4 is 15.4 Å². The van der Waals surface area contributed by atoms with E-state index >= 15 is 8.78 Å². The first kappa shape index (κ1) is 53.3. The number of nitrogens with zero attached hydrogens (tertiary/aromatic N) is 3. The van der Waals surface area contributed by atoms with Crippen LogP contribution in [0.1, 0.15) is 68.2 Å². The minimum atomic E-state index is -3.52. The second kappa shape index (κ2) is 23.4. The van der Waals surface area contributed by atoms with Crippen molar-refractivity contribution in [2.75, 3.05) is 65.9 Å². The monoisotopic (exact) mass is 1010 g/mol. The molecule has 5 atom stereocenters. The number of likely N-dealkylation sites (tertiary alicyclic amines) is 1. The molecular formula is C51H62F4N6O9S. The van der Waals surface area contributed by atoms with Crippen molar-refractivity contribution in [2.24, 2.45) is 5.41 Å². The van der Waals surface area contributed by atoms with Crippen LogP contribution in [0, 0.1) is 24.0 Å². The molecule has 0 spiro atoms. The highest BCUT2D eigenvalue weighted by Gasteiger charge is 2.46. The Bertz CT molecular complexity index is 2600. The van der Waals surface area contributed by atoms with Crippen LogP contribution in [0.5, 0.6) is 5.75 Å². The summed E-state index contributed by atoms with van der Waals surface area (Å²) in [5.41, 5.74) is 5.36. The minimum Gasteiger partial charge on any atom is -0.491 e. The zero-order valence-corrected chi connectivity index (χ0v) is 41.3. The Morgan fingerprint density at radius 3 is 2.27 bits per heavy atom. The Hall–Kier alpha value is -5.48. The fourth-order valence-electron chi connectivity index (χ4n) is 9.09. The fraction of sp³-hybridized carbons (Fsp3) is 0.490. The lowest BCUT2D eigenvalue weighted by molar-refractivity contribution is -0.144. The molecule has 1 saturated heterocycles. The quantitative estimate of drug-likeness (QED) is 0.0400. The van der Waals surface area contributed by atoms with Gasteiger partial charge in [-0.2, -0.15) is 0 Å². The number of hydrogen-bond acceptors (Lipinski definition) is 12. The molecule has 1 unspecified atom stereocenters. The van der Waals surface area contributed by atoms with Crippen molar-refractivity contribution in [1.29, 1.82) is 0 Å². The number of carbonyl (C=O) groups is 3. The van der Waals surface area contributed by atoms with Gasteiger partial charge in [-0.25, -0.2) is 22.5 Å². The van der Waals surface area contributed by atoms with Crippen LogP contribution >= 0.6 is 11.3 Å². The third-order valence-electron chi connectivity index (χ3n) is 12.7. The highest BCUT2D eigenvalue weighted by molar-refractivity contribution is 7.13. The van der Waals surface area contributed by atoms with E-state index in [0.717, 1.165) is 44.8 Å². The summed E-state index contributed by atoms with van der Waals surface area (Å²) in [4.78, 5) is 51.6. The van der Waals surface area contributed by atoms with E-state index in [1.807, 2.05) is 49.4 Å². The van der Waals surface area contributed by atoms with Crippen LogP contribution in [0.15, 0.2) is 66.2 Å². The number of β-amino-alcohol motifs (C(OH)–C–C–N with tert-alkyl or cyclic N) is 1. The van der Waals surface area contributed by atoms with E-state index in [2.05, 4.69) is 20.6 Å². The second-order valence-electron chi connectivity index (χ2n) is 19.1. The van der Waals surface area contributed by atoms with E-state index < -0.39 is 89.7 Å². The summed E-state index contributed by atoms with van der Waals surface area (Å²) in [5.74, 6) is -7.04. The van der Waals surface area contributed by atoms with E-state index in [9.17, 15) is 33.4 Å². The number of hydrogen-bond donors (Lipinski definition) is 5. The third kappa shape index (κ3) is 13.1. The highest BCUT2D eigenvalue weighted by atomic mass is 32.1. The summed E-state index contributed by atoms with van der Waals surface area (Å²) in [5, 5.41) is 26.4.